The number of halogens is 1. The topological polar surface area (TPSA) is 35.3 Å². The van der Waals surface area contributed by atoms with Crippen LogP contribution < -0.4 is 0 Å². The highest BCUT2D eigenvalue weighted by molar-refractivity contribution is 6.30. The third kappa shape index (κ3) is 1.62. The van der Waals surface area contributed by atoms with Gasteiger partial charge in [-0.15, -0.1) is 0 Å². The monoisotopic (exact) mass is 235 g/mol. The zero-order valence-corrected chi connectivity index (χ0v) is 9.28. The zero-order chi connectivity index (χ0) is 11.0. The van der Waals surface area contributed by atoms with Crippen LogP contribution in [-0.4, -0.2) is 11.8 Å². The molecule has 1 atom stereocenters. The molecular formula is C12H10ClNO2. The van der Waals surface area contributed by atoms with E-state index in [0.717, 1.165) is 28.3 Å². The third-order valence-corrected chi connectivity index (χ3v) is 3.00. The van der Waals surface area contributed by atoms with Crippen molar-refractivity contribution >= 4 is 11.6 Å². The molecule has 4 heteroatoms. The van der Waals surface area contributed by atoms with Gasteiger partial charge in [0.2, 0.25) is 0 Å². The van der Waals surface area contributed by atoms with E-state index in [2.05, 4.69) is 5.16 Å². The van der Waals surface area contributed by atoms with E-state index < -0.39 is 0 Å². The van der Waals surface area contributed by atoms with Gasteiger partial charge >= 0.3 is 0 Å². The lowest BCUT2D eigenvalue weighted by atomic mass is 10.0. The summed E-state index contributed by atoms with van der Waals surface area (Å²) in [5.74, 6) is 0. The lowest BCUT2D eigenvalue weighted by Gasteiger charge is -2.21. The summed E-state index contributed by atoms with van der Waals surface area (Å²) in [6.07, 6.45) is 2.43. The highest BCUT2D eigenvalue weighted by Gasteiger charge is 2.25. The summed E-state index contributed by atoms with van der Waals surface area (Å²) >= 11 is 5.85. The first-order chi connectivity index (χ1) is 7.84. The normalized spacial score (nSPS) is 19.4. The average molecular weight is 236 g/mol. The van der Waals surface area contributed by atoms with Gasteiger partial charge in [-0.05, 0) is 17.7 Å². The summed E-state index contributed by atoms with van der Waals surface area (Å²) in [7, 11) is 0. The van der Waals surface area contributed by atoms with Crippen molar-refractivity contribution in [2.24, 2.45) is 0 Å². The molecule has 3 nitrogen and oxygen atoms in total. The van der Waals surface area contributed by atoms with Crippen molar-refractivity contribution in [3.8, 4) is 0 Å². The quantitative estimate of drug-likeness (QED) is 0.762. The molecule has 0 fully saturated rings. The lowest BCUT2D eigenvalue weighted by molar-refractivity contribution is 0.0657. The SMILES string of the molecule is Clc1ccc(C2OCCc3conc32)cc1. The van der Waals surface area contributed by atoms with Crippen LogP contribution in [0.1, 0.15) is 22.9 Å². The minimum atomic E-state index is -0.125. The Bertz CT molecular complexity index is 492. The Morgan fingerprint density at radius 1 is 1.25 bits per heavy atom. The molecule has 1 aliphatic rings. The molecule has 2 aromatic rings. The minimum Gasteiger partial charge on any atom is -0.367 e. The van der Waals surface area contributed by atoms with Gasteiger partial charge in [0, 0.05) is 17.0 Å². The summed E-state index contributed by atoms with van der Waals surface area (Å²) in [5, 5.41) is 4.73. The molecule has 1 unspecified atom stereocenters. The molecular weight excluding hydrogens is 226 g/mol. The fourth-order valence-corrected chi connectivity index (χ4v) is 2.05. The van der Waals surface area contributed by atoms with E-state index in [-0.39, 0.29) is 6.10 Å². The van der Waals surface area contributed by atoms with Crippen molar-refractivity contribution in [2.75, 3.05) is 6.61 Å². The highest BCUT2D eigenvalue weighted by Crippen LogP contribution is 2.31. The van der Waals surface area contributed by atoms with Crippen LogP contribution in [0.3, 0.4) is 0 Å². The fraction of sp³-hybridized carbons (Fsp3) is 0.250. The van der Waals surface area contributed by atoms with Crippen LogP contribution >= 0.6 is 11.6 Å². The van der Waals surface area contributed by atoms with E-state index in [1.807, 2.05) is 24.3 Å². The maximum atomic E-state index is 5.85. The van der Waals surface area contributed by atoms with Crippen molar-refractivity contribution in [3.63, 3.8) is 0 Å². The molecule has 0 radical (unpaired) electrons. The fourth-order valence-electron chi connectivity index (χ4n) is 1.93. The number of nitrogens with zero attached hydrogens (tertiary/aromatic N) is 1. The van der Waals surface area contributed by atoms with Crippen LogP contribution in [0.5, 0.6) is 0 Å². The van der Waals surface area contributed by atoms with E-state index in [4.69, 9.17) is 20.9 Å². The number of benzene rings is 1. The standard InChI is InChI=1S/C12H10ClNO2/c13-10-3-1-8(2-4-10)12-11-9(5-6-15-12)7-16-14-11/h1-4,7,12H,5-6H2. The summed E-state index contributed by atoms with van der Waals surface area (Å²) in [6.45, 7) is 0.696. The Labute approximate surface area is 98.0 Å². The second-order valence-electron chi connectivity index (χ2n) is 3.78. The maximum Gasteiger partial charge on any atom is 0.128 e. The Hall–Kier alpha value is -1.32. The molecule has 16 heavy (non-hydrogen) atoms. The van der Waals surface area contributed by atoms with Crippen molar-refractivity contribution in [2.45, 2.75) is 12.5 Å². The predicted octanol–water partition coefficient (Wildman–Crippen LogP) is 2.99. The summed E-state index contributed by atoms with van der Waals surface area (Å²) < 4.78 is 10.7. The summed E-state index contributed by atoms with van der Waals surface area (Å²) in [6, 6.07) is 7.62. The van der Waals surface area contributed by atoms with E-state index in [0.29, 0.717) is 6.61 Å². The van der Waals surface area contributed by atoms with Crippen molar-refractivity contribution < 1.29 is 9.26 Å². The third-order valence-electron chi connectivity index (χ3n) is 2.75. The van der Waals surface area contributed by atoms with Gasteiger partial charge in [-0.25, -0.2) is 0 Å². The molecule has 0 saturated heterocycles. The molecule has 0 spiro atoms. The Kier molecular flexibility index (Phi) is 2.42. The first kappa shape index (κ1) is 9.87. The van der Waals surface area contributed by atoms with E-state index in [1.54, 1.807) is 6.26 Å². The molecule has 3 rings (SSSR count). The van der Waals surface area contributed by atoms with Gasteiger partial charge < -0.3 is 9.26 Å². The van der Waals surface area contributed by atoms with Crippen molar-refractivity contribution in [1.82, 2.24) is 5.16 Å². The van der Waals surface area contributed by atoms with Crippen molar-refractivity contribution in [1.29, 1.82) is 0 Å². The molecule has 0 N–H and O–H groups in total. The lowest BCUT2D eigenvalue weighted by Crippen LogP contribution is -2.16. The van der Waals surface area contributed by atoms with Gasteiger partial charge in [0.1, 0.15) is 18.1 Å². The van der Waals surface area contributed by atoms with Crippen LogP contribution in [0.15, 0.2) is 35.1 Å². The molecule has 0 bridgehead atoms. The van der Waals surface area contributed by atoms with Gasteiger partial charge in [0.25, 0.3) is 0 Å². The van der Waals surface area contributed by atoms with Gasteiger partial charge in [-0.2, -0.15) is 0 Å². The van der Waals surface area contributed by atoms with Crippen molar-refractivity contribution in [3.05, 3.63) is 52.4 Å². The van der Waals surface area contributed by atoms with E-state index in [9.17, 15) is 0 Å². The highest BCUT2D eigenvalue weighted by atomic mass is 35.5. The van der Waals surface area contributed by atoms with Gasteiger partial charge in [0.15, 0.2) is 0 Å². The van der Waals surface area contributed by atoms with Crippen LogP contribution in [0, 0.1) is 0 Å². The Morgan fingerprint density at radius 3 is 2.88 bits per heavy atom. The first-order valence-corrected chi connectivity index (χ1v) is 5.52. The maximum absolute atomic E-state index is 5.85. The summed E-state index contributed by atoms with van der Waals surface area (Å²) in [5.41, 5.74) is 3.07. The summed E-state index contributed by atoms with van der Waals surface area (Å²) in [4.78, 5) is 0. The number of hydrogen-bond donors (Lipinski definition) is 0. The Morgan fingerprint density at radius 2 is 2.06 bits per heavy atom. The number of aromatic nitrogens is 1. The van der Waals surface area contributed by atoms with Gasteiger partial charge in [-0.3, -0.25) is 0 Å². The van der Waals surface area contributed by atoms with Crippen LogP contribution in [0.25, 0.3) is 0 Å². The zero-order valence-electron chi connectivity index (χ0n) is 8.52. The molecule has 82 valence electrons. The molecule has 0 amide bonds. The minimum absolute atomic E-state index is 0.125. The first-order valence-electron chi connectivity index (χ1n) is 5.15. The molecule has 1 aliphatic heterocycles. The van der Waals surface area contributed by atoms with Crippen LogP contribution in [0.4, 0.5) is 0 Å². The van der Waals surface area contributed by atoms with Gasteiger partial charge in [0.05, 0.1) is 6.61 Å². The van der Waals surface area contributed by atoms with E-state index in [1.165, 1.54) is 0 Å². The number of fused-ring (bicyclic) bond motifs is 1. The predicted molar refractivity (Wildman–Crippen MR) is 59.5 cm³/mol. The van der Waals surface area contributed by atoms with E-state index >= 15 is 0 Å². The molecule has 1 aromatic carbocycles. The average Bonchev–Trinajstić information content (AvgIpc) is 2.78. The molecule has 0 saturated carbocycles. The largest absolute Gasteiger partial charge is 0.367 e. The number of hydrogen-bond acceptors (Lipinski definition) is 3. The smallest absolute Gasteiger partial charge is 0.128 e. The van der Waals surface area contributed by atoms with Crippen LogP contribution in [0.2, 0.25) is 5.02 Å². The number of ether oxygens (including phenoxy) is 1. The second-order valence-corrected chi connectivity index (χ2v) is 4.21. The molecule has 1 aromatic heterocycles. The molecule has 2 heterocycles. The van der Waals surface area contributed by atoms with Crippen LogP contribution in [-0.2, 0) is 11.2 Å². The Balaban J connectivity index is 2.00. The van der Waals surface area contributed by atoms with Gasteiger partial charge in [-0.1, -0.05) is 28.9 Å². The second kappa shape index (κ2) is 3.92. The molecule has 0 aliphatic carbocycles. The number of rotatable bonds is 1.